The van der Waals surface area contributed by atoms with Crippen molar-refractivity contribution in [2.75, 3.05) is 0 Å². The van der Waals surface area contributed by atoms with Gasteiger partial charge in [0.15, 0.2) is 0 Å². The third kappa shape index (κ3) is 6.65. The molecule has 38 heavy (non-hydrogen) atoms. The Hall–Kier alpha value is -4.44. The minimum Gasteiger partial charge on any atom is -0.0616 e. The van der Waals surface area contributed by atoms with Crippen LogP contribution in [-0.2, 0) is 0 Å². The summed E-state index contributed by atoms with van der Waals surface area (Å²) in [5.41, 5.74) is 15.5. The van der Waals surface area contributed by atoms with E-state index in [4.69, 9.17) is 0 Å². The fraction of sp³-hybridized carbons (Fsp3) is 0.211. The predicted octanol–water partition coefficient (Wildman–Crippen LogP) is 9.36. The first kappa shape index (κ1) is 26.6. The summed E-state index contributed by atoms with van der Waals surface area (Å²) in [6.45, 7) is 13.0. The Morgan fingerprint density at radius 3 is 1.45 bits per heavy atom. The second-order valence-corrected chi connectivity index (χ2v) is 11.5. The minimum absolute atomic E-state index is 0.0831. The van der Waals surface area contributed by atoms with E-state index < -0.39 is 0 Å². The van der Waals surface area contributed by atoms with Gasteiger partial charge in [-0.25, -0.2) is 0 Å². The minimum atomic E-state index is -0.0831. The molecule has 4 rings (SSSR count). The van der Waals surface area contributed by atoms with E-state index in [2.05, 4.69) is 162 Å². The van der Waals surface area contributed by atoms with E-state index in [0.717, 1.165) is 33.4 Å². The summed E-state index contributed by atoms with van der Waals surface area (Å²) in [4.78, 5) is 0. The van der Waals surface area contributed by atoms with E-state index in [1.807, 2.05) is 12.2 Å². The molecule has 2 aromatic rings. The third-order valence-electron chi connectivity index (χ3n) is 6.38. The Bertz CT molecular complexity index is 1510. The molecule has 0 nitrogen and oxygen atoms in total. The van der Waals surface area contributed by atoms with Crippen LogP contribution in [-0.4, -0.2) is 0 Å². The van der Waals surface area contributed by atoms with Crippen LogP contribution >= 0.6 is 0 Å². The maximum Gasteiger partial charge on any atom is 0.0405 e. The third-order valence-corrected chi connectivity index (χ3v) is 6.38. The summed E-state index contributed by atoms with van der Waals surface area (Å²) in [5.74, 6) is 12.7. The highest BCUT2D eigenvalue weighted by atomic mass is 14.2. The number of fused-ring (bicyclic) bond motifs is 2. The maximum atomic E-state index is 3.54. The molecule has 0 fully saturated rings. The molecule has 0 bridgehead atoms. The SMILES string of the molecule is CC(C)(C)/C1=C/C=C/C(=C=C=C2c3ccccc3C=Cc3ccccc32)/C=C/C=C(/C(C)(C)C)C#CC#C1. The van der Waals surface area contributed by atoms with E-state index in [1.54, 1.807) is 0 Å². The molecular formula is C38H34. The summed E-state index contributed by atoms with van der Waals surface area (Å²) in [7, 11) is 0. The van der Waals surface area contributed by atoms with Crippen LogP contribution < -0.4 is 0 Å². The van der Waals surface area contributed by atoms with E-state index in [-0.39, 0.29) is 10.8 Å². The zero-order valence-electron chi connectivity index (χ0n) is 23.2. The number of allylic oxidation sites excluding steroid dienone is 9. The van der Waals surface area contributed by atoms with Crippen molar-refractivity contribution < 1.29 is 0 Å². The molecule has 0 heterocycles. The molecule has 0 aromatic heterocycles. The van der Waals surface area contributed by atoms with Crippen molar-refractivity contribution in [3.8, 4) is 23.7 Å². The van der Waals surface area contributed by atoms with Gasteiger partial charge >= 0.3 is 0 Å². The van der Waals surface area contributed by atoms with Gasteiger partial charge < -0.3 is 0 Å². The van der Waals surface area contributed by atoms with Gasteiger partial charge in [0.25, 0.3) is 0 Å². The Labute approximate surface area is 228 Å². The van der Waals surface area contributed by atoms with E-state index in [0.29, 0.717) is 0 Å². The zero-order valence-corrected chi connectivity index (χ0v) is 23.2. The van der Waals surface area contributed by atoms with Crippen molar-refractivity contribution in [2.45, 2.75) is 41.5 Å². The first-order valence-corrected chi connectivity index (χ1v) is 13.1. The lowest BCUT2D eigenvalue weighted by Crippen LogP contribution is -2.08. The van der Waals surface area contributed by atoms with E-state index in [1.165, 1.54) is 11.1 Å². The van der Waals surface area contributed by atoms with E-state index in [9.17, 15) is 0 Å². The molecule has 2 aliphatic rings. The molecule has 0 N–H and O–H groups in total. The standard InChI is InChI=1S/C38H34/c1-37(2,3)32-19-9-10-20-33(38(4,5)6)22-14-16-29(15-13-21-32)25-28-36-34-23-11-7-17-30(34)26-27-31-18-8-12-24-35(31)36/h7-8,11-18,21-24,26-27H,1-6H3/b15-13+,16-14+,32-21+,33-22+. The van der Waals surface area contributed by atoms with Crippen molar-refractivity contribution in [1.29, 1.82) is 0 Å². The van der Waals surface area contributed by atoms with Crippen molar-refractivity contribution in [3.05, 3.63) is 135 Å². The lowest BCUT2D eigenvalue weighted by Gasteiger charge is -2.17. The van der Waals surface area contributed by atoms with Crippen LogP contribution in [0.4, 0.5) is 0 Å². The van der Waals surface area contributed by atoms with Crippen LogP contribution in [0.3, 0.4) is 0 Å². The molecule has 0 unspecified atom stereocenters. The first-order chi connectivity index (χ1) is 18.1. The molecule has 0 saturated heterocycles. The number of hydrogen-bond donors (Lipinski definition) is 0. The van der Waals surface area contributed by atoms with Gasteiger partial charge in [-0.1, -0.05) is 150 Å². The van der Waals surface area contributed by atoms with Crippen LogP contribution in [0, 0.1) is 34.5 Å². The van der Waals surface area contributed by atoms with E-state index >= 15 is 0 Å². The van der Waals surface area contributed by atoms with Crippen molar-refractivity contribution >= 4 is 17.7 Å². The Morgan fingerprint density at radius 1 is 0.553 bits per heavy atom. The molecule has 0 spiro atoms. The van der Waals surface area contributed by atoms with Crippen LogP contribution in [0.1, 0.15) is 63.8 Å². The van der Waals surface area contributed by atoms with Gasteiger partial charge in [-0.15, -0.1) is 0 Å². The predicted molar refractivity (Wildman–Crippen MR) is 164 cm³/mol. The van der Waals surface area contributed by atoms with Crippen molar-refractivity contribution in [3.63, 3.8) is 0 Å². The monoisotopic (exact) mass is 490 g/mol. The van der Waals surface area contributed by atoms with Crippen LogP contribution in [0.15, 0.2) is 113 Å². The second-order valence-electron chi connectivity index (χ2n) is 11.5. The highest BCUT2D eigenvalue weighted by Gasteiger charge is 2.16. The number of rotatable bonds is 0. The highest BCUT2D eigenvalue weighted by Crippen LogP contribution is 2.33. The maximum absolute atomic E-state index is 3.54. The van der Waals surface area contributed by atoms with Crippen LogP contribution in [0.25, 0.3) is 17.7 Å². The van der Waals surface area contributed by atoms with Gasteiger partial charge in [0.1, 0.15) is 0 Å². The number of benzene rings is 2. The molecule has 2 aromatic carbocycles. The largest absolute Gasteiger partial charge is 0.0616 e. The molecule has 186 valence electrons. The smallest absolute Gasteiger partial charge is 0.0405 e. The molecule has 0 saturated carbocycles. The van der Waals surface area contributed by atoms with Crippen molar-refractivity contribution in [2.24, 2.45) is 10.8 Å². The zero-order chi connectivity index (χ0) is 27.2. The molecule has 0 atom stereocenters. The Morgan fingerprint density at radius 2 is 1.00 bits per heavy atom. The average Bonchev–Trinajstić information content (AvgIpc) is 3.00. The first-order valence-electron chi connectivity index (χ1n) is 13.1. The average molecular weight is 491 g/mol. The van der Waals surface area contributed by atoms with Gasteiger partial charge in [0, 0.05) is 22.3 Å². The van der Waals surface area contributed by atoms with Gasteiger partial charge in [-0.2, -0.15) is 0 Å². The Kier molecular flexibility index (Phi) is 7.92. The van der Waals surface area contributed by atoms with Crippen LogP contribution in [0.5, 0.6) is 0 Å². The fourth-order valence-electron chi connectivity index (χ4n) is 4.12. The topological polar surface area (TPSA) is 0 Å². The molecule has 0 radical (unpaired) electrons. The van der Waals surface area contributed by atoms with Gasteiger partial charge in [0.2, 0.25) is 0 Å². The lowest BCUT2D eigenvalue weighted by molar-refractivity contribution is 0.521. The quantitative estimate of drug-likeness (QED) is 0.217. The molecule has 2 aliphatic carbocycles. The summed E-state index contributed by atoms with van der Waals surface area (Å²) in [6.07, 6.45) is 16.7. The van der Waals surface area contributed by atoms with Gasteiger partial charge in [-0.05, 0) is 57.1 Å². The Balaban J connectivity index is 1.98. The molecule has 0 aliphatic heterocycles. The van der Waals surface area contributed by atoms with Gasteiger partial charge in [-0.3, -0.25) is 0 Å². The lowest BCUT2D eigenvalue weighted by atomic mass is 9.86. The van der Waals surface area contributed by atoms with Gasteiger partial charge in [0.05, 0.1) is 0 Å². The second kappa shape index (κ2) is 11.3. The molecular weight excluding hydrogens is 456 g/mol. The summed E-state index contributed by atoms with van der Waals surface area (Å²) in [6, 6.07) is 16.9. The van der Waals surface area contributed by atoms with Crippen LogP contribution in [0.2, 0.25) is 0 Å². The molecule has 0 heteroatoms. The highest BCUT2D eigenvalue weighted by molar-refractivity contribution is 5.93. The normalized spacial score (nSPS) is 19.2. The summed E-state index contributed by atoms with van der Waals surface area (Å²) >= 11 is 0. The molecule has 0 amide bonds. The number of hydrogen-bond acceptors (Lipinski definition) is 0. The summed E-state index contributed by atoms with van der Waals surface area (Å²) < 4.78 is 0. The fourth-order valence-corrected chi connectivity index (χ4v) is 4.12. The summed E-state index contributed by atoms with van der Waals surface area (Å²) in [5, 5.41) is 0. The van der Waals surface area contributed by atoms with Crippen molar-refractivity contribution in [1.82, 2.24) is 0 Å².